The molecule has 0 aliphatic heterocycles. The van der Waals surface area contributed by atoms with Crippen molar-refractivity contribution >= 4 is 21.6 Å². The zero-order chi connectivity index (χ0) is 13.9. The van der Waals surface area contributed by atoms with E-state index in [-0.39, 0.29) is 5.54 Å². The van der Waals surface area contributed by atoms with Gasteiger partial charge in [0.05, 0.1) is 10.2 Å². The third-order valence-corrected chi connectivity index (χ3v) is 5.03. The molecule has 0 saturated heterocycles. The van der Waals surface area contributed by atoms with E-state index in [1.807, 2.05) is 18.5 Å². The lowest BCUT2D eigenvalue weighted by molar-refractivity contribution is 0.0882. The molecule has 106 valence electrons. The summed E-state index contributed by atoms with van der Waals surface area (Å²) in [4.78, 5) is 6.51. The van der Waals surface area contributed by atoms with Crippen LogP contribution in [0.1, 0.15) is 32.6 Å². The number of aromatic nitrogens is 1. The van der Waals surface area contributed by atoms with E-state index >= 15 is 0 Å². The van der Waals surface area contributed by atoms with Crippen molar-refractivity contribution in [3.05, 3.63) is 22.9 Å². The van der Waals surface area contributed by atoms with E-state index in [2.05, 4.69) is 52.1 Å². The normalized spacial score (nSPS) is 27.5. The summed E-state index contributed by atoms with van der Waals surface area (Å²) in [5, 5.41) is 3.60. The minimum atomic E-state index is 0.278. The highest BCUT2D eigenvalue weighted by molar-refractivity contribution is 9.10. The third kappa shape index (κ3) is 3.48. The average Bonchev–Trinajstić information content (AvgIpc) is 2.38. The maximum absolute atomic E-state index is 4.11. The largest absolute Gasteiger partial charge is 0.382 e. The van der Waals surface area contributed by atoms with Gasteiger partial charge in [-0.2, -0.15) is 0 Å². The molecule has 0 amide bonds. The second-order valence-corrected chi connectivity index (χ2v) is 6.88. The van der Waals surface area contributed by atoms with Gasteiger partial charge in [0, 0.05) is 24.5 Å². The van der Waals surface area contributed by atoms with Crippen molar-refractivity contribution < 1.29 is 0 Å². The predicted molar refractivity (Wildman–Crippen MR) is 84.5 cm³/mol. The molecule has 0 radical (unpaired) electrons. The Labute approximate surface area is 124 Å². The monoisotopic (exact) mass is 325 g/mol. The van der Waals surface area contributed by atoms with Gasteiger partial charge in [-0.15, -0.1) is 0 Å². The Bertz CT molecular complexity index is 422. The van der Waals surface area contributed by atoms with Crippen LogP contribution in [-0.4, -0.2) is 36.1 Å². The minimum Gasteiger partial charge on any atom is -0.382 e. The van der Waals surface area contributed by atoms with E-state index in [4.69, 9.17) is 0 Å². The third-order valence-electron chi connectivity index (χ3n) is 4.40. The van der Waals surface area contributed by atoms with E-state index in [0.717, 1.165) is 22.6 Å². The first-order valence-electron chi connectivity index (χ1n) is 7.04. The molecular formula is C15H24BrN3. The summed E-state index contributed by atoms with van der Waals surface area (Å²) in [6.45, 7) is 3.37. The Morgan fingerprint density at radius 3 is 2.95 bits per heavy atom. The highest BCUT2D eigenvalue weighted by Crippen LogP contribution is 2.36. The van der Waals surface area contributed by atoms with Crippen LogP contribution in [0.4, 0.5) is 5.69 Å². The number of likely N-dealkylation sites (N-methyl/N-ethyl adjacent to an activating group) is 1. The lowest BCUT2D eigenvalue weighted by Crippen LogP contribution is -2.52. The molecule has 1 aromatic heterocycles. The fraction of sp³-hybridized carbons (Fsp3) is 0.667. The molecule has 1 aliphatic rings. The van der Waals surface area contributed by atoms with Gasteiger partial charge < -0.3 is 10.2 Å². The molecule has 0 spiro atoms. The number of anilines is 1. The van der Waals surface area contributed by atoms with Crippen LogP contribution in [-0.2, 0) is 0 Å². The first-order valence-corrected chi connectivity index (χ1v) is 7.84. The van der Waals surface area contributed by atoms with E-state index in [0.29, 0.717) is 0 Å². The summed E-state index contributed by atoms with van der Waals surface area (Å²) < 4.78 is 1.03. The molecular weight excluding hydrogens is 302 g/mol. The van der Waals surface area contributed by atoms with Crippen LogP contribution in [0.25, 0.3) is 0 Å². The quantitative estimate of drug-likeness (QED) is 0.913. The summed E-state index contributed by atoms with van der Waals surface area (Å²) in [5.41, 5.74) is 1.41. The SMILES string of the molecule is CC1CCCC(CNc2ccncc2Br)(N(C)C)C1. The van der Waals surface area contributed by atoms with Gasteiger partial charge in [0.15, 0.2) is 0 Å². The van der Waals surface area contributed by atoms with Gasteiger partial charge >= 0.3 is 0 Å². The maximum atomic E-state index is 4.11. The van der Waals surface area contributed by atoms with Crippen LogP contribution in [0.15, 0.2) is 22.9 Å². The average molecular weight is 326 g/mol. The van der Waals surface area contributed by atoms with E-state index in [1.165, 1.54) is 25.7 Å². The van der Waals surface area contributed by atoms with Gasteiger partial charge in [0.2, 0.25) is 0 Å². The molecule has 3 nitrogen and oxygen atoms in total. The molecule has 1 aliphatic carbocycles. The molecule has 1 N–H and O–H groups in total. The number of rotatable bonds is 4. The molecule has 1 aromatic rings. The van der Waals surface area contributed by atoms with Gasteiger partial charge in [-0.25, -0.2) is 0 Å². The van der Waals surface area contributed by atoms with Crippen LogP contribution < -0.4 is 5.32 Å². The maximum Gasteiger partial charge on any atom is 0.0590 e. The summed E-state index contributed by atoms with van der Waals surface area (Å²) in [7, 11) is 4.42. The first kappa shape index (κ1) is 14.8. The van der Waals surface area contributed by atoms with Crippen LogP contribution in [0, 0.1) is 5.92 Å². The predicted octanol–water partition coefficient (Wildman–Crippen LogP) is 3.77. The highest BCUT2D eigenvalue weighted by atomic mass is 79.9. The van der Waals surface area contributed by atoms with Crippen LogP contribution in [0.5, 0.6) is 0 Å². The number of pyridine rings is 1. The van der Waals surface area contributed by atoms with E-state index < -0.39 is 0 Å². The smallest absolute Gasteiger partial charge is 0.0590 e. The molecule has 1 heterocycles. The number of hydrogen-bond donors (Lipinski definition) is 1. The molecule has 0 aromatic carbocycles. The molecule has 4 heteroatoms. The molecule has 2 unspecified atom stereocenters. The fourth-order valence-corrected chi connectivity index (χ4v) is 3.53. The van der Waals surface area contributed by atoms with Crippen molar-refractivity contribution in [1.29, 1.82) is 0 Å². The highest BCUT2D eigenvalue weighted by Gasteiger charge is 2.36. The van der Waals surface area contributed by atoms with Crippen molar-refractivity contribution in [3.63, 3.8) is 0 Å². The van der Waals surface area contributed by atoms with Gasteiger partial charge in [-0.05, 0) is 54.9 Å². The fourth-order valence-electron chi connectivity index (χ4n) is 3.14. The zero-order valence-electron chi connectivity index (χ0n) is 12.1. The molecule has 19 heavy (non-hydrogen) atoms. The van der Waals surface area contributed by atoms with Gasteiger partial charge in [0.1, 0.15) is 0 Å². The molecule has 1 fully saturated rings. The Morgan fingerprint density at radius 1 is 1.53 bits per heavy atom. The first-order chi connectivity index (χ1) is 9.03. The topological polar surface area (TPSA) is 28.2 Å². The van der Waals surface area contributed by atoms with Gasteiger partial charge in [-0.3, -0.25) is 4.98 Å². The summed E-state index contributed by atoms with van der Waals surface area (Å²) in [5.74, 6) is 0.818. The van der Waals surface area contributed by atoms with Crippen LogP contribution >= 0.6 is 15.9 Å². The van der Waals surface area contributed by atoms with Gasteiger partial charge in [0.25, 0.3) is 0 Å². The Morgan fingerprint density at radius 2 is 2.32 bits per heavy atom. The Hall–Kier alpha value is -0.610. The molecule has 2 rings (SSSR count). The lowest BCUT2D eigenvalue weighted by Gasteiger charge is -2.45. The van der Waals surface area contributed by atoms with Crippen molar-refractivity contribution in [1.82, 2.24) is 9.88 Å². The van der Waals surface area contributed by atoms with E-state index in [9.17, 15) is 0 Å². The Kier molecular flexibility index (Phi) is 4.85. The summed E-state index contributed by atoms with van der Waals surface area (Å²) in [6.07, 6.45) is 8.93. The number of halogens is 1. The van der Waals surface area contributed by atoms with Crippen molar-refractivity contribution in [2.24, 2.45) is 5.92 Å². The molecule has 2 atom stereocenters. The minimum absolute atomic E-state index is 0.278. The zero-order valence-corrected chi connectivity index (χ0v) is 13.7. The van der Waals surface area contributed by atoms with Crippen molar-refractivity contribution in [2.45, 2.75) is 38.1 Å². The van der Waals surface area contributed by atoms with Crippen LogP contribution in [0.3, 0.4) is 0 Å². The second-order valence-electron chi connectivity index (χ2n) is 6.03. The molecule has 0 bridgehead atoms. The number of nitrogens with one attached hydrogen (secondary N) is 1. The van der Waals surface area contributed by atoms with Crippen molar-refractivity contribution in [2.75, 3.05) is 26.0 Å². The summed E-state index contributed by atoms with van der Waals surface area (Å²) in [6, 6.07) is 2.03. The lowest BCUT2D eigenvalue weighted by atomic mass is 9.75. The van der Waals surface area contributed by atoms with Crippen LogP contribution in [0.2, 0.25) is 0 Å². The standard InChI is InChI=1S/C15H24BrN3/c1-12-5-4-7-15(9-12,19(2)3)11-18-14-6-8-17-10-13(14)16/h6,8,10,12H,4-5,7,9,11H2,1-3H3,(H,17,18). The number of hydrogen-bond acceptors (Lipinski definition) is 3. The number of nitrogens with zero attached hydrogens (tertiary/aromatic N) is 2. The van der Waals surface area contributed by atoms with Crippen molar-refractivity contribution in [3.8, 4) is 0 Å². The van der Waals surface area contributed by atoms with E-state index in [1.54, 1.807) is 0 Å². The molecule has 1 saturated carbocycles. The second kappa shape index (κ2) is 6.23. The summed E-state index contributed by atoms with van der Waals surface area (Å²) >= 11 is 3.55. The Balaban J connectivity index is 2.07. The van der Waals surface area contributed by atoms with Gasteiger partial charge in [-0.1, -0.05) is 19.8 Å².